The van der Waals surface area contributed by atoms with Crippen molar-refractivity contribution in [1.29, 1.82) is 0 Å². The molecule has 0 aliphatic carbocycles. The molecule has 9 heteroatoms. The van der Waals surface area contributed by atoms with Gasteiger partial charge in [-0.1, -0.05) is 6.08 Å². The summed E-state index contributed by atoms with van der Waals surface area (Å²) in [5.41, 5.74) is 2.92. The maximum absolute atomic E-state index is 8.36. The van der Waals surface area contributed by atoms with Crippen molar-refractivity contribution in [2.45, 2.75) is 25.8 Å². The fourth-order valence-corrected chi connectivity index (χ4v) is 3.61. The monoisotopic (exact) mass is 410 g/mol. The van der Waals surface area contributed by atoms with Crippen molar-refractivity contribution in [3.05, 3.63) is 48.5 Å². The van der Waals surface area contributed by atoms with Crippen molar-refractivity contribution in [2.75, 3.05) is 10.6 Å². The van der Waals surface area contributed by atoms with E-state index in [2.05, 4.69) is 45.4 Å². The molecule has 3 heterocycles. The van der Waals surface area contributed by atoms with Crippen molar-refractivity contribution < 1.29 is 9.90 Å². The van der Waals surface area contributed by atoms with Crippen molar-refractivity contribution in [3.63, 3.8) is 0 Å². The molecule has 1 aromatic carbocycles. The SMILES string of the molecule is C=CCCC(C)Nc1nc(Nc2ccc3[nH]ncc3c2)c2sccc2n1.O=CO. The molecule has 150 valence electrons. The summed E-state index contributed by atoms with van der Waals surface area (Å²) in [6, 6.07) is 8.38. The van der Waals surface area contributed by atoms with Gasteiger partial charge in [-0.2, -0.15) is 10.1 Å². The van der Waals surface area contributed by atoms with Crippen LogP contribution < -0.4 is 10.6 Å². The highest BCUT2D eigenvalue weighted by Gasteiger charge is 2.11. The molecule has 0 saturated carbocycles. The number of hydrogen-bond acceptors (Lipinski definition) is 7. The highest BCUT2D eigenvalue weighted by atomic mass is 32.1. The molecule has 4 rings (SSSR count). The number of aromatic nitrogens is 4. The van der Waals surface area contributed by atoms with E-state index in [1.54, 1.807) is 11.3 Å². The van der Waals surface area contributed by atoms with E-state index in [0.29, 0.717) is 5.95 Å². The largest absolute Gasteiger partial charge is 0.483 e. The van der Waals surface area contributed by atoms with Crippen molar-refractivity contribution in [3.8, 4) is 0 Å². The van der Waals surface area contributed by atoms with Crippen molar-refractivity contribution in [1.82, 2.24) is 20.2 Å². The normalized spacial score (nSPS) is 11.5. The van der Waals surface area contributed by atoms with Crippen molar-refractivity contribution >= 4 is 56.4 Å². The minimum atomic E-state index is -0.250. The van der Waals surface area contributed by atoms with Gasteiger partial charge in [0.1, 0.15) is 0 Å². The van der Waals surface area contributed by atoms with Crippen LogP contribution in [0.2, 0.25) is 0 Å². The van der Waals surface area contributed by atoms with Gasteiger partial charge in [0, 0.05) is 17.1 Å². The van der Waals surface area contributed by atoms with E-state index in [0.717, 1.165) is 45.5 Å². The van der Waals surface area contributed by atoms with Crippen LogP contribution in [0.25, 0.3) is 21.1 Å². The Morgan fingerprint density at radius 1 is 1.34 bits per heavy atom. The van der Waals surface area contributed by atoms with E-state index in [-0.39, 0.29) is 12.5 Å². The maximum Gasteiger partial charge on any atom is 0.290 e. The summed E-state index contributed by atoms with van der Waals surface area (Å²) in [6.45, 7) is 5.66. The third-order valence-corrected chi connectivity index (χ3v) is 5.10. The third-order valence-electron chi connectivity index (χ3n) is 4.19. The molecule has 29 heavy (non-hydrogen) atoms. The number of rotatable bonds is 7. The molecule has 0 spiro atoms. The molecule has 4 N–H and O–H groups in total. The molecule has 8 nitrogen and oxygen atoms in total. The van der Waals surface area contributed by atoms with Crippen LogP contribution in [0.1, 0.15) is 19.8 Å². The number of hydrogen-bond donors (Lipinski definition) is 4. The number of carbonyl (C=O) groups is 1. The molecule has 1 atom stereocenters. The van der Waals surface area contributed by atoms with Gasteiger partial charge in [-0.05, 0) is 49.4 Å². The van der Waals surface area contributed by atoms with Gasteiger partial charge in [-0.25, -0.2) is 4.98 Å². The molecule has 0 aliphatic heterocycles. The Kier molecular flexibility index (Phi) is 6.75. The lowest BCUT2D eigenvalue weighted by Crippen LogP contribution is -2.17. The van der Waals surface area contributed by atoms with Gasteiger partial charge in [0.2, 0.25) is 5.95 Å². The van der Waals surface area contributed by atoms with Crippen LogP contribution in [0.3, 0.4) is 0 Å². The average Bonchev–Trinajstić information content (AvgIpc) is 3.35. The topological polar surface area (TPSA) is 116 Å². The summed E-state index contributed by atoms with van der Waals surface area (Å²) in [4.78, 5) is 17.7. The predicted molar refractivity (Wildman–Crippen MR) is 118 cm³/mol. The highest BCUT2D eigenvalue weighted by molar-refractivity contribution is 7.17. The van der Waals surface area contributed by atoms with E-state index >= 15 is 0 Å². The van der Waals surface area contributed by atoms with E-state index in [1.807, 2.05) is 35.9 Å². The summed E-state index contributed by atoms with van der Waals surface area (Å²) in [7, 11) is 0. The van der Waals surface area contributed by atoms with Gasteiger partial charge in [0.05, 0.1) is 21.9 Å². The second-order valence-electron chi connectivity index (χ2n) is 6.34. The first-order valence-corrected chi connectivity index (χ1v) is 9.93. The quantitative estimate of drug-likeness (QED) is 0.256. The van der Waals surface area contributed by atoms with Gasteiger partial charge in [-0.15, -0.1) is 17.9 Å². The Bertz CT molecular complexity index is 1110. The maximum atomic E-state index is 8.36. The number of nitrogens with zero attached hydrogens (tertiary/aromatic N) is 3. The number of benzene rings is 1. The summed E-state index contributed by atoms with van der Waals surface area (Å²) in [6.07, 6.45) is 5.70. The van der Waals surface area contributed by atoms with Gasteiger partial charge in [0.15, 0.2) is 5.82 Å². The molecular formula is C20H22N6O2S. The Hall–Kier alpha value is -3.46. The first-order chi connectivity index (χ1) is 14.1. The minimum Gasteiger partial charge on any atom is -0.483 e. The highest BCUT2D eigenvalue weighted by Crippen LogP contribution is 2.30. The fraction of sp³-hybridized carbons (Fsp3) is 0.200. The molecule has 0 radical (unpaired) electrons. The lowest BCUT2D eigenvalue weighted by atomic mass is 10.2. The number of allylic oxidation sites excluding steroid dienone is 1. The third kappa shape index (κ3) is 5.08. The molecule has 0 amide bonds. The summed E-state index contributed by atoms with van der Waals surface area (Å²) in [5.74, 6) is 1.45. The second-order valence-corrected chi connectivity index (χ2v) is 7.26. The van der Waals surface area contributed by atoms with Crippen LogP contribution >= 0.6 is 11.3 Å². The zero-order valence-electron chi connectivity index (χ0n) is 15.9. The summed E-state index contributed by atoms with van der Waals surface area (Å²) in [5, 5.41) is 23.8. The minimum absolute atomic E-state index is 0.250. The Morgan fingerprint density at radius 3 is 2.97 bits per heavy atom. The molecule has 1 unspecified atom stereocenters. The van der Waals surface area contributed by atoms with E-state index in [1.165, 1.54) is 0 Å². The van der Waals surface area contributed by atoms with Crippen LogP contribution in [0.5, 0.6) is 0 Å². The zero-order valence-corrected chi connectivity index (χ0v) is 16.7. The van der Waals surface area contributed by atoms with Gasteiger partial charge in [-0.3, -0.25) is 9.89 Å². The molecule has 0 saturated heterocycles. The summed E-state index contributed by atoms with van der Waals surface area (Å²) < 4.78 is 1.04. The van der Waals surface area contributed by atoms with E-state index in [4.69, 9.17) is 14.9 Å². The number of H-pyrrole nitrogens is 1. The van der Waals surface area contributed by atoms with Crippen LogP contribution in [0, 0.1) is 0 Å². The van der Waals surface area contributed by atoms with Crippen LogP contribution in [0.4, 0.5) is 17.5 Å². The standard InChI is InChI=1S/C19H20N6S.CH2O2/c1-3-4-5-12(2)21-19-23-16-8-9-26-17(16)18(24-19)22-14-6-7-15-13(10-14)11-20-25-15;2-1-3/h3,6-12H,1,4-5H2,2H3,(H,20,25)(H2,21,22,23,24);1H,(H,2,3). The average molecular weight is 411 g/mol. The van der Waals surface area contributed by atoms with Gasteiger partial charge >= 0.3 is 0 Å². The molecule has 4 aromatic rings. The van der Waals surface area contributed by atoms with Gasteiger partial charge < -0.3 is 15.7 Å². The Morgan fingerprint density at radius 2 is 2.17 bits per heavy atom. The van der Waals surface area contributed by atoms with E-state index < -0.39 is 0 Å². The van der Waals surface area contributed by atoms with Crippen LogP contribution in [-0.4, -0.2) is 37.8 Å². The van der Waals surface area contributed by atoms with Crippen molar-refractivity contribution in [2.24, 2.45) is 0 Å². The first kappa shape index (κ1) is 20.3. The van der Waals surface area contributed by atoms with Crippen LogP contribution in [-0.2, 0) is 4.79 Å². The molecular weight excluding hydrogens is 388 g/mol. The zero-order chi connectivity index (χ0) is 20.6. The molecule has 0 aliphatic rings. The Balaban J connectivity index is 0.000000755. The van der Waals surface area contributed by atoms with Gasteiger partial charge in [0.25, 0.3) is 6.47 Å². The number of carboxylic acid groups (broad SMARTS) is 1. The number of anilines is 3. The fourth-order valence-electron chi connectivity index (χ4n) is 2.83. The second kappa shape index (κ2) is 9.65. The summed E-state index contributed by atoms with van der Waals surface area (Å²) >= 11 is 1.63. The number of fused-ring (bicyclic) bond motifs is 2. The first-order valence-electron chi connectivity index (χ1n) is 9.05. The number of nitrogens with one attached hydrogen (secondary N) is 3. The number of aromatic amines is 1. The van der Waals surface area contributed by atoms with E-state index in [9.17, 15) is 0 Å². The number of thiophene rings is 1. The lowest BCUT2D eigenvalue weighted by molar-refractivity contribution is -0.122. The molecule has 0 bridgehead atoms. The smallest absolute Gasteiger partial charge is 0.290 e. The molecule has 0 fully saturated rings. The molecule has 3 aromatic heterocycles. The Labute approximate surface area is 171 Å². The van der Waals surface area contributed by atoms with Crippen LogP contribution in [0.15, 0.2) is 48.5 Å². The lowest BCUT2D eigenvalue weighted by Gasteiger charge is -2.14. The predicted octanol–water partition coefficient (Wildman–Crippen LogP) is 4.78.